The number of carbonyl (C=O) groups excluding carboxylic acids is 1. The number of alkyl halides is 3. The first-order chi connectivity index (χ1) is 8.23. The first kappa shape index (κ1) is 13.4. The maximum absolute atomic E-state index is 12.6. The molecule has 1 aromatic heterocycles. The minimum Gasteiger partial charge on any atom is -0.444 e. The first-order valence-corrected chi connectivity index (χ1v) is 5.86. The zero-order chi connectivity index (χ0) is 13.6. The van der Waals surface area contributed by atoms with Crippen LogP contribution >= 0.6 is 15.9 Å². The number of nitrogens with zero attached hydrogens (tertiary/aromatic N) is 1. The summed E-state index contributed by atoms with van der Waals surface area (Å²) < 4.78 is 43.0. The molecule has 1 saturated heterocycles. The fraction of sp³-hybridized carbons (Fsp3) is 0.500. The molecular weight excluding hydrogens is 319 g/mol. The molecule has 1 fully saturated rings. The van der Waals surface area contributed by atoms with E-state index >= 15 is 0 Å². The summed E-state index contributed by atoms with van der Waals surface area (Å²) in [6, 6.07) is 2.83. The Morgan fingerprint density at radius 3 is 2.61 bits per heavy atom. The fourth-order valence-corrected chi connectivity index (χ4v) is 2.09. The van der Waals surface area contributed by atoms with Crippen LogP contribution in [0.15, 0.2) is 21.2 Å². The molecule has 0 bridgehead atoms. The van der Waals surface area contributed by atoms with Gasteiger partial charge >= 0.3 is 6.18 Å². The van der Waals surface area contributed by atoms with Gasteiger partial charge in [0.2, 0.25) is 0 Å². The van der Waals surface area contributed by atoms with Crippen LogP contribution in [0.3, 0.4) is 0 Å². The van der Waals surface area contributed by atoms with Crippen LogP contribution in [-0.2, 0) is 0 Å². The smallest absolute Gasteiger partial charge is 0.419 e. The Hall–Kier alpha value is -1.02. The van der Waals surface area contributed by atoms with Gasteiger partial charge in [-0.3, -0.25) is 4.79 Å². The summed E-state index contributed by atoms with van der Waals surface area (Å²) in [5, 5.41) is 9.44. The highest BCUT2D eigenvalue weighted by atomic mass is 79.9. The first-order valence-electron chi connectivity index (χ1n) is 5.07. The Balaban J connectivity index is 2.12. The maximum Gasteiger partial charge on any atom is 0.419 e. The average molecular weight is 328 g/mol. The monoisotopic (exact) mass is 327 g/mol. The van der Waals surface area contributed by atoms with Gasteiger partial charge in [0.1, 0.15) is 0 Å². The van der Waals surface area contributed by atoms with Gasteiger partial charge in [-0.2, -0.15) is 13.2 Å². The lowest BCUT2D eigenvalue weighted by molar-refractivity contribution is -0.253. The SMILES string of the molecule is O=C(c1ccc(Br)o1)N1CC[C@](O)(C(F)(F)F)C1. The van der Waals surface area contributed by atoms with E-state index in [2.05, 4.69) is 15.9 Å². The summed E-state index contributed by atoms with van der Waals surface area (Å²) in [5.41, 5.74) is -2.83. The Morgan fingerprint density at radius 1 is 1.50 bits per heavy atom. The number of amides is 1. The Morgan fingerprint density at radius 2 is 2.17 bits per heavy atom. The molecule has 2 heterocycles. The summed E-state index contributed by atoms with van der Waals surface area (Å²) in [6.45, 7) is -0.930. The van der Waals surface area contributed by atoms with E-state index in [0.717, 1.165) is 4.90 Å². The van der Waals surface area contributed by atoms with Crippen molar-refractivity contribution in [3.05, 3.63) is 22.6 Å². The van der Waals surface area contributed by atoms with Crippen LogP contribution in [-0.4, -0.2) is 40.8 Å². The van der Waals surface area contributed by atoms with Crippen molar-refractivity contribution in [1.82, 2.24) is 4.90 Å². The third kappa shape index (κ3) is 2.26. The van der Waals surface area contributed by atoms with Crippen molar-refractivity contribution in [1.29, 1.82) is 0 Å². The van der Waals surface area contributed by atoms with Gasteiger partial charge in [0.05, 0.1) is 6.54 Å². The zero-order valence-electron chi connectivity index (χ0n) is 9.00. The van der Waals surface area contributed by atoms with Crippen molar-refractivity contribution in [2.75, 3.05) is 13.1 Å². The van der Waals surface area contributed by atoms with Crippen molar-refractivity contribution in [2.24, 2.45) is 0 Å². The summed E-state index contributed by atoms with van der Waals surface area (Å²) in [7, 11) is 0. The molecule has 0 spiro atoms. The van der Waals surface area contributed by atoms with Crippen LogP contribution in [0.2, 0.25) is 0 Å². The zero-order valence-corrected chi connectivity index (χ0v) is 10.6. The van der Waals surface area contributed by atoms with Gasteiger partial charge in [-0.1, -0.05) is 0 Å². The Labute approximate surface area is 108 Å². The molecule has 1 amide bonds. The quantitative estimate of drug-likeness (QED) is 0.860. The lowest BCUT2D eigenvalue weighted by atomic mass is 10.0. The number of rotatable bonds is 1. The molecule has 4 nitrogen and oxygen atoms in total. The van der Waals surface area contributed by atoms with Gasteiger partial charge < -0.3 is 14.4 Å². The van der Waals surface area contributed by atoms with E-state index in [0.29, 0.717) is 4.67 Å². The molecule has 0 aliphatic carbocycles. The van der Waals surface area contributed by atoms with E-state index in [1.807, 2.05) is 0 Å². The fourth-order valence-electron chi connectivity index (χ4n) is 1.78. The number of likely N-dealkylation sites (tertiary alicyclic amines) is 1. The van der Waals surface area contributed by atoms with Gasteiger partial charge in [0, 0.05) is 13.0 Å². The standard InChI is InChI=1S/C10H9BrF3NO3/c11-7-2-1-6(18-7)8(16)15-4-3-9(17,5-15)10(12,13)14/h1-2,17H,3-5H2/t9-/m1/s1. The summed E-state index contributed by atoms with van der Waals surface area (Å²) >= 11 is 3.00. The number of carbonyl (C=O) groups is 1. The molecule has 0 unspecified atom stereocenters. The Bertz CT molecular complexity index is 473. The van der Waals surface area contributed by atoms with Gasteiger partial charge in [0.15, 0.2) is 16.0 Å². The number of furan rings is 1. The molecule has 0 saturated carbocycles. The number of halogens is 4. The third-order valence-electron chi connectivity index (χ3n) is 2.85. The van der Waals surface area contributed by atoms with Crippen LogP contribution in [0.1, 0.15) is 17.0 Å². The highest BCUT2D eigenvalue weighted by Gasteiger charge is 2.58. The Kier molecular flexibility index (Phi) is 3.18. The van der Waals surface area contributed by atoms with E-state index in [9.17, 15) is 23.1 Å². The third-order valence-corrected chi connectivity index (χ3v) is 3.27. The van der Waals surface area contributed by atoms with Gasteiger partial charge in [-0.25, -0.2) is 0 Å². The second-order valence-corrected chi connectivity index (χ2v) is 4.89. The predicted octanol–water partition coefficient (Wildman–Crippen LogP) is 2.18. The molecular formula is C10H9BrF3NO3. The van der Waals surface area contributed by atoms with Crippen molar-refractivity contribution < 1.29 is 27.5 Å². The normalized spacial score (nSPS) is 24.6. The molecule has 1 aromatic rings. The molecule has 18 heavy (non-hydrogen) atoms. The van der Waals surface area contributed by atoms with Gasteiger partial charge in [0.25, 0.3) is 5.91 Å². The number of β-amino-alcohol motifs (C(OH)–C–C–N with tert-alkyl or cyclic N) is 1. The maximum atomic E-state index is 12.6. The lowest BCUT2D eigenvalue weighted by Gasteiger charge is -2.25. The van der Waals surface area contributed by atoms with Crippen molar-refractivity contribution in [3.63, 3.8) is 0 Å². The van der Waals surface area contributed by atoms with Crippen molar-refractivity contribution in [3.8, 4) is 0 Å². The molecule has 1 aliphatic rings. The minimum absolute atomic E-state index is 0.0618. The molecule has 2 rings (SSSR count). The lowest BCUT2D eigenvalue weighted by Crippen LogP contribution is -2.48. The summed E-state index contributed by atoms with van der Waals surface area (Å²) in [4.78, 5) is 12.7. The highest BCUT2D eigenvalue weighted by molar-refractivity contribution is 9.10. The van der Waals surface area contributed by atoms with Crippen LogP contribution in [0.25, 0.3) is 0 Å². The molecule has 1 N–H and O–H groups in total. The average Bonchev–Trinajstić information content (AvgIpc) is 2.84. The minimum atomic E-state index is -4.74. The molecule has 0 radical (unpaired) electrons. The molecule has 1 atom stereocenters. The van der Waals surface area contributed by atoms with Crippen LogP contribution in [0.5, 0.6) is 0 Å². The van der Waals surface area contributed by atoms with Crippen LogP contribution in [0.4, 0.5) is 13.2 Å². The second kappa shape index (κ2) is 4.27. The van der Waals surface area contributed by atoms with E-state index in [1.165, 1.54) is 12.1 Å². The summed E-state index contributed by atoms with van der Waals surface area (Å²) in [5.74, 6) is -0.728. The van der Waals surface area contributed by atoms with E-state index in [1.54, 1.807) is 0 Å². The molecule has 1 aliphatic heterocycles. The van der Waals surface area contributed by atoms with Crippen LogP contribution in [0, 0.1) is 0 Å². The predicted molar refractivity (Wildman–Crippen MR) is 57.9 cm³/mol. The van der Waals surface area contributed by atoms with E-state index in [4.69, 9.17) is 4.42 Å². The van der Waals surface area contributed by atoms with E-state index < -0.39 is 30.7 Å². The number of hydrogen-bond acceptors (Lipinski definition) is 3. The number of aliphatic hydroxyl groups is 1. The highest BCUT2D eigenvalue weighted by Crippen LogP contribution is 2.38. The van der Waals surface area contributed by atoms with Gasteiger partial charge in [-0.05, 0) is 28.1 Å². The van der Waals surface area contributed by atoms with Crippen LogP contribution < -0.4 is 0 Å². The van der Waals surface area contributed by atoms with Crippen molar-refractivity contribution >= 4 is 21.8 Å². The largest absolute Gasteiger partial charge is 0.444 e. The van der Waals surface area contributed by atoms with E-state index in [-0.39, 0.29) is 12.3 Å². The van der Waals surface area contributed by atoms with Crippen molar-refractivity contribution in [2.45, 2.75) is 18.2 Å². The topological polar surface area (TPSA) is 53.7 Å². The molecule has 100 valence electrons. The van der Waals surface area contributed by atoms with Gasteiger partial charge in [-0.15, -0.1) is 0 Å². The second-order valence-electron chi connectivity index (χ2n) is 4.11. The molecule has 8 heteroatoms. The summed E-state index contributed by atoms with van der Waals surface area (Å²) in [6.07, 6.45) is -5.27. The molecule has 0 aromatic carbocycles. The number of hydrogen-bond donors (Lipinski definition) is 1.